The number of benzene rings is 4. The van der Waals surface area contributed by atoms with Gasteiger partial charge in [0.25, 0.3) is 11.8 Å². The van der Waals surface area contributed by atoms with Crippen LogP contribution in [0.1, 0.15) is 65.8 Å². The molecule has 14 heteroatoms. The molecule has 1 saturated carbocycles. The first kappa shape index (κ1) is 50.1. The Hall–Kier alpha value is -7.82. The van der Waals surface area contributed by atoms with E-state index in [9.17, 15) is 9.59 Å². The molecule has 6 heterocycles. The van der Waals surface area contributed by atoms with E-state index in [1.807, 2.05) is 58.5 Å². The Balaban J connectivity index is 0.000000149. The van der Waals surface area contributed by atoms with Crippen molar-refractivity contribution in [3.05, 3.63) is 143 Å². The van der Waals surface area contributed by atoms with E-state index in [1.54, 1.807) is 45.2 Å². The number of amides is 2. The first-order valence-electron chi connectivity index (χ1n) is 22.6. The van der Waals surface area contributed by atoms with Gasteiger partial charge in [-0.05, 0) is 96.7 Å². The van der Waals surface area contributed by atoms with Crippen LogP contribution in [0.2, 0.25) is 10.3 Å². The van der Waals surface area contributed by atoms with Gasteiger partial charge in [-0.25, -0.2) is 19.9 Å². The van der Waals surface area contributed by atoms with Crippen molar-refractivity contribution >= 4 is 67.3 Å². The normalized spacial score (nSPS) is 18.2. The molecule has 0 radical (unpaired) electrons. The van der Waals surface area contributed by atoms with Gasteiger partial charge >= 0.3 is 0 Å². The number of fused-ring (bicyclic) bond motifs is 4. The summed E-state index contributed by atoms with van der Waals surface area (Å²) >= 11 is 12.3. The maximum atomic E-state index is 13.0. The van der Waals surface area contributed by atoms with Crippen molar-refractivity contribution in [3.8, 4) is 60.3 Å². The highest BCUT2D eigenvalue weighted by Crippen LogP contribution is 2.51. The molecule has 2 saturated heterocycles. The van der Waals surface area contributed by atoms with E-state index in [-0.39, 0.29) is 17.9 Å². The average molecular weight is 972 g/mol. The van der Waals surface area contributed by atoms with Gasteiger partial charge in [-0.1, -0.05) is 85.4 Å². The number of hydrogen-bond acceptors (Lipinski definition) is 8. The van der Waals surface area contributed by atoms with Crippen LogP contribution in [0.15, 0.2) is 110 Å². The van der Waals surface area contributed by atoms with Crippen LogP contribution in [0.5, 0.6) is 11.5 Å². The van der Waals surface area contributed by atoms with Crippen molar-refractivity contribution in [1.82, 2.24) is 39.7 Å². The number of carbonyl (C=O) groups is 2. The average Bonchev–Trinajstić information content (AvgIpc) is 4.09. The highest BCUT2D eigenvalue weighted by molar-refractivity contribution is 6.31. The van der Waals surface area contributed by atoms with Crippen LogP contribution < -0.4 is 9.47 Å². The fraction of sp³-hybridized carbons (Fsp3) is 0.250. The van der Waals surface area contributed by atoms with Gasteiger partial charge in [0, 0.05) is 57.8 Å². The number of hydrogen-bond donors (Lipinski definition) is 2. The molecule has 3 fully saturated rings. The summed E-state index contributed by atoms with van der Waals surface area (Å²) in [6.45, 7) is 8.05. The number of aromatic nitrogens is 6. The Morgan fingerprint density at radius 3 is 1.77 bits per heavy atom. The van der Waals surface area contributed by atoms with Gasteiger partial charge in [-0.15, -0.1) is 25.7 Å². The number of halogens is 2. The van der Waals surface area contributed by atoms with Crippen molar-refractivity contribution in [2.24, 2.45) is 17.8 Å². The Morgan fingerprint density at radius 2 is 1.24 bits per heavy atom. The summed E-state index contributed by atoms with van der Waals surface area (Å²) < 4.78 is 10.7. The molecule has 70 heavy (non-hydrogen) atoms. The van der Waals surface area contributed by atoms with Crippen molar-refractivity contribution in [3.63, 3.8) is 0 Å². The summed E-state index contributed by atoms with van der Waals surface area (Å²) in [6, 6.07) is 27.9. The third-order valence-corrected chi connectivity index (χ3v) is 13.6. The van der Waals surface area contributed by atoms with Crippen LogP contribution >= 0.6 is 23.2 Å². The predicted octanol–water partition coefficient (Wildman–Crippen LogP) is 11.0. The number of imidazole rings is 2. The number of carbonyl (C=O) groups excluding carboxylic acids is 2. The lowest BCUT2D eigenvalue weighted by molar-refractivity contribution is 0.0729. The van der Waals surface area contributed by atoms with E-state index >= 15 is 0 Å². The fourth-order valence-corrected chi connectivity index (χ4v) is 9.67. The van der Waals surface area contributed by atoms with E-state index in [0.717, 1.165) is 70.0 Å². The molecule has 5 atom stereocenters. The summed E-state index contributed by atoms with van der Waals surface area (Å²) in [4.78, 5) is 52.5. The lowest BCUT2D eigenvalue weighted by Crippen LogP contribution is -2.36. The second kappa shape index (κ2) is 22.5. The monoisotopic (exact) mass is 970 g/mol. The second-order valence-corrected chi connectivity index (χ2v) is 17.7. The molecule has 11 rings (SSSR count). The molecule has 0 spiro atoms. The van der Waals surface area contributed by atoms with Crippen molar-refractivity contribution in [2.45, 2.75) is 45.7 Å². The molecular weight excluding hydrogens is 920 g/mol. The molecule has 4 aromatic heterocycles. The van der Waals surface area contributed by atoms with Crippen molar-refractivity contribution in [1.29, 1.82) is 0 Å². The minimum Gasteiger partial charge on any atom is -0.496 e. The number of nitrogens with zero attached hydrogens (tertiary/aromatic N) is 6. The summed E-state index contributed by atoms with van der Waals surface area (Å²) in [6.07, 6.45) is 25.0. The van der Waals surface area contributed by atoms with Crippen LogP contribution in [0.3, 0.4) is 0 Å². The maximum absolute atomic E-state index is 13.0. The topological polar surface area (TPSA) is 142 Å². The fourth-order valence-electron chi connectivity index (χ4n) is 9.28. The molecule has 12 nitrogen and oxygen atoms in total. The zero-order valence-corrected chi connectivity index (χ0v) is 41.0. The molecule has 354 valence electrons. The van der Waals surface area contributed by atoms with Crippen LogP contribution in [-0.4, -0.2) is 90.9 Å². The van der Waals surface area contributed by atoms with Crippen molar-refractivity contribution in [2.75, 3.05) is 27.3 Å². The number of piperidine rings is 1. The number of rotatable bonds is 5. The molecule has 8 aromatic rings. The van der Waals surface area contributed by atoms with Crippen molar-refractivity contribution < 1.29 is 19.1 Å². The Morgan fingerprint density at radius 1 is 0.671 bits per heavy atom. The third-order valence-electron chi connectivity index (χ3n) is 13.2. The molecule has 2 N–H and O–H groups in total. The number of H-pyrrole nitrogens is 2. The van der Waals surface area contributed by atoms with Crippen LogP contribution in [0, 0.1) is 55.3 Å². The second-order valence-electron chi connectivity index (χ2n) is 17.0. The first-order chi connectivity index (χ1) is 34.0. The SMILES string of the molecule is C#C.C#C.C(#Cc1cnc[nH]1)c1ccc2cc(-c3cnc[nH]3)ccc2c1.COc1cccc2c(C(=O)N3CCC4C3[C@@H]4C)nc(Cl)cc12.COc1cccc2c(C(=O)N3CC[C@@H](C)C3C)nc(Cl)cc12. The number of aromatic amines is 2. The van der Waals surface area contributed by atoms with E-state index in [4.69, 9.17) is 32.7 Å². The number of pyridine rings is 2. The van der Waals surface area contributed by atoms with E-state index < -0.39 is 0 Å². The lowest BCUT2D eigenvalue weighted by atomic mass is 10.0. The van der Waals surface area contributed by atoms with Gasteiger partial charge in [-0.3, -0.25) is 9.59 Å². The number of likely N-dealkylation sites (tertiary alicyclic amines) is 2. The Bertz CT molecular complexity index is 3140. The summed E-state index contributed by atoms with van der Waals surface area (Å²) in [5.41, 5.74) is 4.78. The molecule has 2 aliphatic heterocycles. The van der Waals surface area contributed by atoms with Gasteiger partial charge in [0.1, 0.15) is 38.9 Å². The summed E-state index contributed by atoms with van der Waals surface area (Å²) in [5.74, 6) is 9.31. The molecule has 3 unspecified atom stereocenters. The number of ether oxygens (including phenoxy) is 2. The Labute approximate surface area is 418 Å². The molecule has 4 aromatic carbocycles. The van der Waals surface area contributed by atoms with E-state index in [2.05, 4.69) is 119 Å². The number of terminal acetylenes is 2. The maximum Gasteiger partial charge on any atom is 0.273 e. The van der Waals surface area contributed by atoms with Crippen LogP contribution in [0.4, 0.5) is 0 Å². The van der Waals surface area contributed by atoms with Gasteiger partial charge in [0.05, 0.1) is 45.0 Å². The summed E-state index contributed by atoms with van der Waals surface area (Å²) in [7, 11) is 3.22. The van der Waals surface area contributed by atoms with E-state index in [1.165, 1.54) is 10.8 Å². The minimum atomic E-state index is -0.0578. The molecule has 1 aliphatic carbocycles. The standard InChI is InChI=1S/C18H12N4.C17H17ClN2O2.C17H19ClN2O2.2C2H2/c1-3-15-8-16(18-10-20-12-22-18)5-4-14(15)7-13(1)2-6-17-9-19-11-21-17;1-9-10-6-7-20(16(9)10)17(21)15-11-4-3-5-13(22-2)12(11)8-14(18)19-15;1-10-7-8-20(11(10)2)17(21)16-12-5-4-6-14(22-3)13(12)9-15(18)19-16;2*1-2/h1,3-5,7-12H,(H,19,21)(H,20,22);3-5,8-10,16H,6-7H2,1-2H3;4-6,9-11H,7-8H2,1-3H3;2*1-2H/t;9-,10?,16?;10-,11?;;/m.11../s1. The smallest absolute Gasteiger partial charge is 0.273 e. The summed E-state index contributed by atoms with van der Waals surface area (Å²) in [5, 5.41) is 6.19. The van der Waals surface area contributed by atoms with Crippen LogP contribution in [0.25, 0.3) is 43.6 Å². The Kier molecular flexibility index (Phi) is 16.1. The van der Waals surface area contributed by atoms with Gasteiger partial charge in [0.2, 0.25) is 0 Å². The highest BCUT2D eigenvalue weighted by atomic mass is 35.5. The zero-order chi connectivity index (χ0) is 50.1. The third kappa shape index (κ3) is 10.6. The van der Waals surface area contributed by atoms with Crippen LogP contribution in [-0.2, 0) is 0 Å². The quantitative estimate of drug-likeness (QED) is 0.128. The highest BCUT2D eigenvalue weighted by Gasteiger charge is 2.56. The predicted molar refractivity (Wildman–Crippen MR) is 279 cm³/mol. The van der Waals surface area contributed by atoms with Gasteiger partial charge < -0.3 is 29.2 Å². The molecular formula is C56H52Cl2N8O4. The van der Waals surface area contributed by atoms with Gasteiger partial charge in [-0.2, -0.15) is 0 Å². The number of nitrogens with one attached hydrogen (secondary N) is 2. The zero-order valence-electron chi connectivity index (χ0n) is 39.5. The molecule has 0 bridgehead atoms. The molecule has 3 aliphatic rings. The van der Waals surface area contributed by atoms with E-state index in [0.29, 0.717) is 57.0 Å². The minimum absolute atomic E-state index is 0.0161. The largest absolute Gasteiger partial charge is 0.496 e. The van der Waals surface area contributed by atoms with Gasteiger partial charge in [0.15, 0.2) is 0 Å². The molecule has 2 amide bonds. The first-order valence-corrected chi connectivity index (χ1v) is 23.4. The lowest BCUT2D eigenvalue weighted by Gasteiger charge is -2.23. The number of methoxy groups -OCH3 is 2.